The topological polar surface area (TPSA) is 53.4 Å². The maximum Gasteiger partial charge on any atom is 0.401 e. The molecule has 1 heterocycles. The Morgan fingerprint density at radius 1 is 1.44 bits per heavy atom. The number of carboxylic acids is 1. The average molecular weight is 262 g/mol. The normalized spacial score (nSPS) is 13.6. The van der Waals surface area contributed by atoms with Crippen molar-refractivity contribution in [2.75, 3.05) is 13.1 Å². The monoisotopic (exact) mass is 262 g/mol. The predicted octanol–water partition coefficient (Wildman–Crippen LogP) is 2.09. The number of carboxylic acid groups (broad SMARTS) is 1. The Morgan fingerprint density at radius 3 is 2.44 bits per heavy atom. The van der Waals surface area contributed by atoms with E-state index in [4.69, 9.17) is 5.11 Å². The number of pyridine rings is 1. The molecule has 1 N–H and O–H groups in total. The molecule has 4 nitrogen and oxygen atoms in total. The summed E-state index contributed by atoms with van der Waals surface area (Å²) in [4.78, 5) is 15.2. The molecule has 1 aromatic heterocycles. The fraction of sp³-hybridized carbons (Fsp3) is 0.455. The third-order valence-corrected chi connectivity index (χ3v) is 2.46. The predicted molar refractivity (Wildman–Crippen MR) is 57.9 cm³/mol. The highest BCUT2D eigenvalue weighted by Crippen LogP contribution is 2.24. The van der Waals surface area contributed by atoms with Crippen LogP contribution in [0.5, 0.6) is 0 Å². The van der Waals surface area contributed by atoms with E-state index >= 15 is 0 Å². The van der Waals surface area contributed by atoms with Gasteiger partial charge >= 0.3 is 12.1 Å². The molecule has 0 aliphatic carbocycles. The number of nitrogens with zero attached hydrogens (tertiary/aromatic N) is 2. The number of aliphatic carboxylic acids is 1. The molecule has 100 valence electrons. The lowest BCUT2D eigenvalue weighted by molar-refractivity contribution is -0.157. The first-order valence-corrected chi connectivity index (χ1v) is 5.22. The molecular weight excluding hydrogens is 249 g/mol. The zero-order chi connectivity index (χ0) is 13.8. The second-order valence-corrected chi connectivity index (χ2v) is 3.87. The number of halogens is 3. The van der Waals surface area contributed by atoms with Crippen molar-refractivity contribution in [1.29, 1.82) is 0 Å². The van der Waals surface area contributed by atoms with E-state index in [0.717, 1.165) is 4.90 Å². The van der Waals surface area contributed by atoms with Crippen molar-refractivity contribution >= 4 is 5.97 Å². The summed E-state index contributed by atoms with van der Waals surface area (Å²) in [6.45, 7) is -0.393. The Hall–Kier alpha value is -1.63. The molecule has 7 heteroatoms. The van der Waals surface area contributed by atoms with Gasteiger partial charge in [0.1, 0.15) is 0 Å². The Bertz CT molecular complexity index is 395. The van der Waals surface area contributed by atoms with E-state index < -0.39 is 31.3 Å². The second kappa shape index (κ2) is 5.81. The van der Waals surface area contributed by atoms with Crippen molar-refractivity contribution in [3.8, 4) is 0 Å². The van der Waals surface area contributed by atoms with Crippen LogP contribution < -0.4 is 0 Å². The summed E-state index contributed by atoms with van der Waals surface area (Å²) in [6, 6.07) is 2.48. The van der Waals surface area contributed by atoms with Gasteiger partial charge in [0.15, 0.2) is 0 Å². The fourth-order valence-electron chi connectivity index (χ4n) is 1.59. The van der Waals surface area contributed by atoms with Crippen LogP contribution >= 0.6 is 0 Å². The first-order valence-electron chi connectivity index (χ1n) is 5.22. The largest absolute Gasteiger partial charge is 0.480 e. The van der Waals surface area contributed by atoms with E-state index in [1.54, 1.807) is 12.1 Å². The second-order valence-electron chi connectivity index (χ2n) is 3.87. The van der Waals surface area contributed by atoms with Crippen molar-refractivity contribution in [3.63, 3.8) is 0 Å². The van der Waals surface area contributed by atoms with Crippen LogP contribution in [-0.2, 0) is 4.79 Å². The molecule has 0 bridgehead atoms. The van der Waals surface area contributed by atoms with Gasteiger partial charge in [-0.15, -0.1) is 0 Å². The lowest BCUT2D eigenvalue weighted by Gasteiger charge is -2.28. The van der Waals surface area contributed by atoms with E-state index in [9.17, 15) is 18.0 Å². The van der Waals surface area contributed by atoms with Crippen LogP contribution in [0, 0.1) is 0 Å². The van der Waals surface area contributed by atoms with Gasteiger partial charge in [0.2, 0.25) is 0 Å². The van der Waals surface area contributed by atoms with E-state index in [1.165, 1.54) is 19.3 Å². The number of aromatic nitrogens is 1. The first kappa shape index (κ1) is 14.4. The van der Waals surface area contributed by atoms with Gasteiger partial charge in [-0.25, -0.2) is 0 Å². The summed E-state index contributed by atoms with van der Waals surface area (Å²) >= 11 is 0. The van der Waals surface area contributed by atoms with Crippen molar-refractivity contribution < 1.29 is 23.1 Å². The first-order chi connectivity index (χ1) is 8.29. The molecule has 0 fully saturated rings. The summed E-state index contributed by atoms with van der Waals surface area (Å²) in [5.74, 6) is -1.29. The zero-order valence-corrected chi connectivity index (χ0v) is 9.68. The average Bonchev–Trinajstić information content (AvgIpc) is 2.26. The van der Waals surface area contributed by atoms with Gasteiger partial charge in [-0.1, -0.05) is 0 Å². The number of carbonyl (C=O) groups is 1. The number of alkyl halides is 3. The smallest absolute Gasteiger partial charge is 0.401 e. The van der Waals surface area contributed by atoms with Gasteiger partial charge in [-0.2, -0.15) is 13.2 Å². The quantitative estimate of drug-likeness (QED) is 0.882. The lowest BCUT2D eigenvalue weighted by Crippen LogP contribution is -2.39. The van der Waals surface area contributed by atoms with Gasteiger partial charge < -0.3 is 5.11 Å². The van der Waals surface area contributed by atoms with Crippen molar-refractivity contribution in [2.24, 2.45) is 0 Å². The van der Waals surface area contributed by atoms with Crippen LogP contribution in [0.25, 0.3) is 0 Å². The van der Waals surface area contributed by atoms with Crippen LogP contribution in [0.15, 0.2) is 24.5 Å². The lowest BCUT2D eigenvalue weighted by atomic mass is 10.1. The van der Waals surface area contributed by atoms with E-state index in [-0.39, 0.29) is 0 Å². The summed E-state index contributed by atoms with van der Waals surface area (Å²) < 4.78 is 37.2. The Kier molecular flexibility index (Phi) is 4.66. The maximum absolute atomic E-state index is 12.4. The van der Waals surface area contributed by atoms with Crippen LogP contribution in [-0.4, -0.2) is 40.2 Å². The maximum atomic E-state index is 12.4. The molecule has 0 aliphatic rings. The molecule has 0 saturated heterocycles. The van der Waals surface area contributed by atoms with Gasteiger partial charge in [0.05, 0.1) is 13.1 Å². The SMILES string of the molecule is CC(c1ccncc1)N(CC(=O)O)CC(F)(F)F. The summed E-state index contributed by atoms with van der Waals surface area (Å²) in [7, 11) is 0. The van der Waals surface area contributed by atoms with E-state index in [1.807, 2.05) is 0 Å². The molecule has 1 rings (SSSR count). The number of rotatable bonds is 5. The fourth-order valence-corrected chi connectivity index (χ4v) is 1.59. The highest BCUT2D eigenvalue weighted by atomic mass is 19.4. The molecule has 0 amide bonds. The Morgan fingerprint density at radius 2 is 2.00 bits per heavy atom. The van der Waals surface area contributed by atoms with Crippen LogP contribution in [0.2, 0.25) is 0 Å². The van der Waals surface area contributed by atoms with Crippen molar-refractivity contribution in [2.45, 2.75) is 19.1 Å². The molecule has 0 aliphatic heterocycles. The number of hydrogen-bond acceptors (Lipinski definition) is 3. The molecule has 0 aromatic carbocycles. The molecule has 1 atom stereocenters. The van der Waals surface area contributed by atoms with Crippen LogP contribution in [0.3, 0.4) is 0 Å². The summed E-state index contributed by atoms with van der Waals surface area (Å²) in [5.41, 5.74) is 0.593. The van der Waals surface area contributed by atoms with E-state index in [2.05, 4.69) is 4.98 Å². The van der Waals surface area contributed by atoms with Crippen molar-refractivity contribution in [3.05, 3.63) is 30.1 Å². The minimum absolute atomic E-state index is 0.593. The third kappa shape index (κ3) is 4.70. The minimum Gasteiger partial charge on any atom is -0.480 e. The van der Waals surface area contributed by atoms with Gasteiger partial charge in [0.25, 0.3) is 0 Å². The minimum atomic E-state index is -4.43. The number of hydrogen-bond donors (Lipinski definition) is 1. The molecule has 18 heavy (non-hydrogen) atoms. The van der Waals surface area contributed by atoms with Crippen LogP contribution in [0.1, 0.15) is 18.5 Å². The molecule has 1 unspecified atom stereocenters. The highest BCUT2D eigenvalue weighted by Gasteiger charge is 2.33. The molecule has 0 spiro atoms. The summed E-state index contributed by atoms with van der Waals surface area (Å²) in [5, 5.41) is 8.66. The molecule has 0 saturated carbocycles. The Labute approximate surface area is 102 Å². The summed E-state index contributed by atoms with van der Waals surface area (Å²) in [6.07, 6.45) is -1.52. The Balaban J connectivity index is 2.85. The molecular formula is C11H13F3N2O2. The van der Waals surface area contributed by atoms with Crippen molar-refractivity contribution in [1.82, 2.24) is 9.88 Å². The van der Waals surface area contributed by atoms with Gasteiger partial charge in [0, 0.05) is 18.4 Å². The molecule has 0 radical (unpaired) electrons. The van der Waals surface area contributed by atoms with Gasteiger partial charge in [-0.3, -0.25) is 14.7 Å². The molecule has 1 aromatic rings. The third-order valence-electron chi connectivity index (χ3n) is 2.46. The van der Waals surface area contributed by atoms with Gasteiger partial charge in [-0.05, 0) is 24.6 Å². The van der Waals surface area contributed by atoms with Crippen LogP contribution in [0.4, 0.5) is 13.2 Å². The zero-order valence-electron chi connectivity index (χ0n) is 9.68. The highest BCUT2D eigenvalue weighted by molar-refractivity contribution is 5.69. The van der Waals surface area contributed by atoms with E-state index in [0.29, 0.717) is 5.56 Å². The standard InChI is InChI=1S/C11H13F3N2O2/c1-8(9-2-4-15-5-3-9)16(6-10(17)18)7-11(12,13)14/h2-5,8H,6-7H2,1H3,(H,17,18).